The zero-order valence-electron chi connectivity index (χ0n) is 8.90. The smallest absolute Gasteiger partial charge is 0.128 e. The van der Waals surface area contributed by atoms with Crippen LogP contribution in [0.1, 0.15) is 24.0 Å². The van der Waals surface area contributed by atoms with Gasteiger partial charge in [-0.25, -0.2) is 9.11 Å². The number of nitrogens with zero attached hydrogens (tertiary/aromatic N) is 1. The van der Waals surface area contributed by atoms with Gasteiger partial charge in [0.05, 0.1) is 11.5 Å². The third-order valence-corrected chi connectivity index (χ3v) is 3.33. The third-order valence-electron chi connectivity index (χ3n) is 2.95. The second-order valence-corrected chi connectivity index (χ2v) is 4.81. The van der Waals surface area contributed by atoms with Gasteiger partial charge in [-0.2, -0.15) is 5.26 Å². The minimum atomic E-state index is -2.41. The minimum absolute atomic E-state index is 0.0816. The molecule has 1 aliphatic carbocycles. The standard InChI is InChI=1S/C11H11FN2O2S/c12-10-5-9(11(7-13)3-4-11)2-1-8(10)6-14-17(15)16/h1-2,5,14H,3-4,6H2,(H,15,16)/p-1. The molecule has 2 rings (SSSR count). The fourth-order valence-electron chi connectivity index (χ4n) is 1.72. The van der Waals surface area contributed by atoms with Crippen LogP contribution in [0.5, 0.6) is 0 Å². The Labute approximate surface area is 101 Å². The molecular formula is C11H10FN2O2S-. The van der Waals surface area contributed by atoms with Crippen molar-refractivity contribution in [3.63, 3.8) is 0 Å². The highest BCUT2D eigenvalue weighted by Crippen LogP contribution is 2.47. The second kappa shape index (κ2) is 4.53. The van der Waals surface area contributed by atoms with E-state index < -0.39 is 22.5 Å². The molecular weight excluding hydrogens is 243 g/mol. The third kappa shape index (κ3) is 2.52. The van der Waals surface area contributed by atoms with Gasteiger partial charge in [-0.1, -0.05) is 12.1 Å². The molecule has 0 aromatic heterocycles. The highest BCUT2D eigenvalue weighted by atomic mass is 32.2. The first-order valence-electron chi connectivity index (χ1n) is 5.10. The van der Waals surface area contributed by atoms with Crippen LogP contribution in [0.25, 0.3) is 0 Å². The first kappa shape index (κ1) is 12.2. The molecule has 0 radical (unpaired) electrons. The summed E-state index contributed by atoms with van der Waals surface area (Å²) < 4.78 is 36.3. The van der Waals surface area contributed by atoms with Crippen molar-refractivity contribution >= 4 is 11.3 Å². The summed E-state index contributed by atoms with van der Waals surface area (Å²) in [5.41, 5.74) is 0.421. The average molecular weight is 253 g/mol. The van der Waals surface area contributed by atoms with Crippen LogP contribution in [0.4, 0.5) is 4.39 Å². The summed E-state index contributed by atoms with van der Waals surface area (Å²) in [4.78, 5) is 0. The van der Waals surface area contributed by atoms with Gasteiger partial charge >= 0.3 is 0 Å². The lowest BCUT2D eigenvalue weighted by Crippen LogP contribution is -2.16. The fourth-order valence-corrected chi connectivity index (χ4v) is 1.99. The lowest BCUT2D eigenvalue weighted by Gasteiger charge is -2.11. The largest absolute Gasteiger partial charge is 0.760 e. The Morgan fingerprint density at radius 2 is 2.29 bits per heavy atom. The van der Waals surface area contributed by atoms with Gasteiger partial charge in [0.2, 0.25) is 0 Å². The van der Waals surface area contributed by atoms with Crippen molar-refractivity contribution in [2.24, 2.45) is 0 Å². The average Bonchev–Trinajstić information content (AvgIpc) is 3.08. The highest BCUT2D eigenvalue weighted by molar-refractivity contribution is 7.77. The summed E-state index contributed by atoms with van der Waals surface area (Å²) in [6.07, 6.45) is 1.51. The van der Waals surface area contributed by atoms with Gasteiger partial charge in [-0.3, -0.25) is 4.21 Å². The van der Waals surface area contributed by atoms with Crippen molar-refractivity contribution in [2.75, 3.05) is 0 Å². The van der Waals surface area contributed by atoms with Crippen molar-refractivity contribution < 1.29 is 13.2 Å². The summed E-state index contributed by atoms with van der Waals surface area (Å²) >= 11 is -2.41. The van der Waals surface area contributed by atoms with Gasteiger partial charge in [-0.05, 0) is 24.5 Å². The Hall–Kier alpha value is -1.29. The summed E-state index contributed by atoms with van der Waals surface area (Å²) in [6, 6.07) is 6.71. The van der Waals surface area contributed by atoms with Crippen molar-refractivity contribution in [1.29, 1.82) is 5.26 Å². The lowest BCUT2D eigenvalue weighted by atomic mass is 9.96. The van der Waals surface area contributed by atoms with E-state index in [-0.39, 0.29) is 12.1 Å². The van der Waals surface area contributed by atoms with E-state index in [0.29, 0.717) is 5.56 Å². The number of benzene rings is 1. The molecule has 1 aromatic carbocycles. The van der Waals surface area contributed by atoms with Gasteiger partial charge < -0.3 is 4.55 Å². The molecule has 1 unspecified atom stereocenters. The van der Waals surface area contributed by atoms with Crippen molar-refractivity contribution in [1.82, 2.24) is 4.72 Å². The molecule has 0 amide bonds. The Balaban J connectivity index is 2.18. The Kier molecular flexibility index (Phi) is 3.24. The van der Waals surface area contributed by atoms with E-state index in [9.17, 15) is 13.2 Å². The molecule has 0 heterocycles. The van der Waals surface area contributed by atoms with Crippen LogP contribution in [-0.2, 0) is 23.2 Å². The van der Waals surface area contributed by atoms with E-state index in [0.717, 1.165) is 12.8 Å². The maximum Gasteiger partial charge on any atom is 0.128 e. The fraction of sp³-hybridized carbons (Fsp3) is 0.364. The number of hydrogen-bond donors (Lipinski definition) is 1. The van der Waals surface area contributed by atoms with Gasteiger partial charge in [0, 0.05) is 23.4 Å². The lowest BCUT2D eigenvalue weighted by molar-refractivity contribution is 0.520. The highest BCUT2D eigenvalue weighted by Gasteiger charge is 2.45. The van der Waals surface area contributed by atoms with Gasteiger partial charge in [0.25, 0.3) is 0 Å². The van der Waals surface area contributed by atoms with E-state index >= 15 is 0 Å². The number of nitriles is 1. The molecule has 0 spiro atoms. The molecule has 0 bridgehead atoms. The second-order valence-electron chi connectivity index (χ2n) is 4.06. The molecule has 17 heavy (non-hydrogen) atoms. The minimum Gasteiger partial charge on any atom is -0.760 e. The Morgan fingerprint density at radius 1 is 1.59 bits per heavy atom. The van der Waals surface area contributed by atoms with Gasteiger partial charge in [-0.15, -0.1) is 0 Å². The molecule has 1 aromatic rings. The first-order valence-corrected chi connectivity index (χ1v) is 6.18. The summed E-state index contributed by atoms with van der Waals surface area (Å²) in [5, 5.41) is 8.98. The van der Waals surface area contributed by atoms with E-state index in [2.05, 4.69) is 10.8 Å². The van der Waals surface area contributed by atoms with Crippen LogP contribution in [-0.4, -0.2) is 8.76 Å². The molecule has 1 N–H and O–H groups in total. The monoisotopic (exact) mass is 253 g/mol. The van der Waals surface area contributed by atoms with E-state index in [1.165, 1.54) is 12.1 Å². The maximum absolute atomic E-state index is 13.6. The molecule has 1 aliphatic rings. The van der Waals surface area contributed by atoms with Crippen molar-refractivity contribution in [3.8, 4) is 6.07 Å². The molecule has 6 heteroatoms. The molecule has 1 atom stereocenters. The number of nitrogens with one attached hydrogen (secondary N) is 1. The number of halogens is 1. The number of hydrogen-bond acceptors (Lipinski definition) is 3. The number of rotatable bonds is 4. The van der Waals surface area contributed by atoms with E-state index in [1.54, 1.807) is 6.07 Å². The van der Waals surface area contributed by atoms with E-state index in [1.807, 2.05) is 0 Å². The molecule has 90 valence electrons. The van der Waals surface area contributed by atoms with Crippen LogP contribution in [0.2, 0.25) is 0 Å². The predicted molar refractivity (Wildman–Crippen MR) is 58.7 cm³/mol. The molecule has 0 aliphatic heterocycles. The van der Waals surface area contributed by atoms with Crippen LogP contribution in [0.3, 0.4) is 0 Å². The molecule has 1 fully saturated rings. The van der Waals surface area contributed by atoms with Crippen LogP contribution >= 0.6 is 0 Å². The topological polar surface area (TPSA) is 76.0 Å². The first-order chi connectivity index (χ1) is 8.07. The van der Waals surface area contributed by atoms with E-state index in [4.69, 9.17) is 5.26 Å². The molecule has 1 saturated carbocycles. The predicted octanol–water partition coefficient (Wildman–Crippen LogP) is 1.26. The summed E-state index contributed by atoms with van der Waals surface area (Å²) in [7, 11) is 0. The van der Waals surface area contributed by atoms with Crippen molar-refractivity contribution in [3.05, 3.63) is 35.1 Å². The van der Waals surface area contributed by atoms with Crippen LogP contribution in [0.15, 0.2) is 18.2 Å². The van der Waals surface area contributed by atoms with Crippen LogP contribution in [0, 0.1) is 17.1 Å². The maximum atomic E-state index is 13.6. The summed E-state index contributed by atoms with van der Waals surface area (Å²) in [6.45, 7) is -0.0816. The quantitative estimate of drug-likeness (QED) is 0.821. The Morgan fingerprint density at radius 3 is 2.76 bits per heavy atom. The van der Waals surface area contributed by atoms with Gasteiger partial charge in [0.1, 0.15) is 5.82 Å². The molecule has 0 saturated heterocycles. The van der Waals surface area contributed by atoms with Crippen molar-refractivity contribution in [2.45, 2.75) is 24.8 Å². The SMILES string of the molecule is N#CC1(c2ccc(CNS(=O)[O-])c(F)c2)CC1. The molecule has 4 nitrogen and oxygen atoms in total. The van der Waals surface area contributed by atoms with Crippen LogP contribution < -0.4 is 4.72 Å². The zero-order chi connectivity index (χ0) is 12.5. The summed E-state index contributed by atoms with van der Waals surface area (Å²) in [5.74, 6) is -0.484. The zero-order valence-corrected chi connectivity index (χ0v) is 9.72. The normalized spacial score (nSPS) is 18.4. The van der Waals surface area contributed by atoms with Gasteiger partial charge in [0.15, 0.2) is 0 Å². The Bertz CT molecular complexity index is 509.